The van der Waals surface area contributed by atoms with E-state index in [0.29, 0.717) is 13.2 Å². The number of morpholine rings is 1. The number of hydrogen-bond donors (Lipinski definition) is 0. The lowest BCUT2D eigenvalue weighted by atomic mass is 10.2. The molecule has 0 spiro atoms. The Morgan fingerprint density at radius 3 is 2.86 bits per heavy atom. The van der Waals surface area contributed by atoms with Crippen LogP contribution in [0.1, 0.15) is 12.5 Å². The lowest BCUT2D eigenvalue weighted by Gasteiger charge is -2.34. The molecule has 112 valence electrons. The van der Waals surface area contributed by atoms with Crippen molar-refractivity contribution >= 4 is 17.4 Å². The summed E-state index contributed by atoms with van der Waals surface area (Å²) >= 11 is 6.13. The Labute approximate surface area is 128 Å². The lowest BCUT2D eigenvalue weighted by Crippen LogP contribution is -2.44. The van der Waals surface area contributed by atoms with Crippen LogP contribution in [0, 0.1) is 6.92 Å². The van der Waals surface area contributed by atoms with E-state index in [2.05, 4.69) is 26.9 Å². The number of anilines is 1. The summed E-state index contributed by atoms with van der Waals surface area (Å²) in [4.78, 5) is 10.9. The number of halogens is 1. The van der Waals surface area contributed by atoms with Crippen molar-refractivity contribution < 1.29 is 4.74 Å². The monoisotopic (exact) mass is 307 g/mol. The van der Waals surface area contributed by atoms with Crippen molar-refractivity contribution in [1.82, 2.24) is 19.7 Å². The van der Waals surface area contributed by atoms with Gasteiger partial charge in [-0.05, 0) is 31.0 Å². The molecule has 0 aromatic carbocycles. The highest BCUT2D eigenvalue weighted by Crippen LogP contribution is 2.27. The van der Waals surface area contributed by atoms with E-state index in [1.165, 1.54) is 0 Å². The van der Waals surface area contributed by atoms with Gasteiger partial charge in [0.25, 0.3) is 0 Å². The molecule has 0 bridgehead atoms. The Kier molecular flexibility index (Phi) is 3.82. The van der Waals surface area contributed by atoms with Gasteiger partial charge in [0.05, 0.1) is 36.8 Å². The summed E-state index contributed by atoms with van der Waals surface area (Å²) in [5, 5.41) is 4.51. The number of nitrogens with zero attached hydrogens (tertiary/aromatic N) is 5. The van der Waals surface area contributed by atoms with Crippen molar-refractivity contribution in [2.45, 2.75) is 19.9 Å². The summed E-state index contributed by atoms with van der Waals surface area (Å²) in [7, 11) is 1.90. The molecule has 21 heavy (non-hydrogen) atoms. The van der Waals surface area contributed by atoms with E-state index in [1.54, 1.807) is 4.68 Å². The van der Waals surface area contributed by atoms with E-state index >= 15 is 0 Å². The molecular weight excluding hydrogens is 290 g/mol. The van der Waals surface area contributed by atoms with E-state index < -0.39 is 0 Å². The molecule has 2 aromatic rings. The second-order valence-corrected chi connectivity index (χ2v) is 5.64. The average molecular weight is 308 g/mol. The zero-order valence-corrected chi connectivity index (χ0v) is 13.1. The molecule has 1 fully saturated rings. The largest absolute Gasteiger partial charge is 0.377 e. The summed E-state index contributed by atoms with van der Waals surface area (Å²) in [6.07, 6.45) is 1.82. The fourth-order valence-corrected chi connectivity index (χ4v) is 2.83. The summed E-state index contributed by atoms with van der Waals surface area (Å²) in [5.41, 5.74) is 2.82. The quantitative estimate of drug-likeness (QED) is 0.795. The van der Waals surface area contributed by atoms with Gasteiger partial charge in [-0.3, -0.25) is 4.68 Å². The molecule has 0 saturated carbocycles. The van der Waals surface area contributed by atoms with E-state index in [9.17, 15) is 0 Å². The Bertz CT molecular complexity index is 637. The van der Waals surface area contributed by atoms with Gasteiger partial charge in [0, 0.05) is 19.7 Å². The normalized spacial score (nSPS) is 19.0. The maximum Gasteiger partial charge on any atom is 0.224 e. The van der Waals surface area contributed by atoms with E-state index in [1.807, 2.05) is 26.2 Å². The van der Waals surface area contributed by atoms with Crippen LogP contribution < -0.4 is 4.90 Å². The van der Waals surface area contributed by atoms with E-state index in [4.69, 9.17) is 16.3 Å². The van der Waals surface area contributed by atoms with E-state index in [-0.39, 0.29) is 11.3 Å². The number of aryl methyl sites for hydroxylation is 2. The first-order chi connectivity index (χ1) is 10.1. The van der Waals surface area contributed by atoms with Crippen molar-refractivity contribution in [1.29, 1.82) is 0 Å². The van der Waals surface area contributed by atoms with Gasteiger partial charge in [0.1, 0.15) is 5.82 Å². The highest BCUT2D eigenvalue weighted by atomic mass is 35.5. The average Bonchev–Trinajstić information content (AvgIpc) is 2.78. The molecule has 6 nitrogen and oxygen atoms in total. The molecular formula is C14H18ClN5O. The fraction of sp³-hybridized carbons (Fsp3) is 0.500. The van der Waals surface area contributed by atoms with Crippen LogP contribution in [0.25, 0.3) is 11.4 Å². The summed E-state index contributed by atoms with van der Waals surface area (Å²) in [6.45, 7) is 6.32. The molecule has 1 atom stereocenters. The van der Waals surface area contributed by atoms with Crippen LogP contribution in [0.4, 0.5) is 5.82 Å². The fourth-order valence-electron chi connectivity index (χ4n) is 2.66. The molecule has 0 radical (unpaired) electrons. The molecule has 7 heteroatoms. The van der Waals surface area contributed by atoms with Gasteiger partial charge in [-0.1, -0.05) is 0 Å². The third-order valence-electron chi connectivity index (χ3n) is 3.71. The number of ether oxygens (including phenoxy) is 1. The highest BCUT2D eigenvalue weighted by molar-refractivity contribution is 6.28. The van der Waals surface area contributed by atoms with Crippen LogP contribution in [0.3, 0.4) is 0 Å². The van der Waals surface area contributed by atoms with Gasteiger partial charge >= 0.3 is 0 Å². The van der Waals surface area contributed by atoms with Crippen molar-refractivity contribution in [3.8, 4) is 11.4 Å². The van der Waals surface area contributed by atoms with Crippen LogP contribution in [-0.4, -0.2) is 45.5 Å². The number of aromatic nitrogens is 4. The zero-order valence-electron chi connectivity index (χ0n) is 12.4. The molecule has 2 aromatic heterocycles. The van der Waals surface area contributed by atoms with Gasteiger partial charge in [-0.25, -0.2) is 9.97 Å². The second-order valence-electron chi connectivity index (χ2n) is 5.30. The molecule has 0 N–H and O–H groups in total. The van der Waals surface area contributed by atoms with Crippen LogP contribution >= 0.6 is 11.6 Å². The maximum absolute atomic E-state index is 6.13. The Hall–Kier alpha value is -1.66. The minimum absolute atomic E-state index is 0.252. The molecule has 0 aliphatic carbocycles. The number of hydrogen-bond acceptors (Lipinski definition) is 5. The van der Waals surface area contributed by atoms with Crippen molar-refractivity contribution in [2.24, 2.45) is 7.05 Å². The molecule has 1 unspecified atom stereocenters. The van der Waals surface area contributed by atoms with Crippen molar-refractivity contribution in [2.75, 3.05) is 24.7 Å². The molecule has 3 heterocycles. The van der Waals surface area contributed by atoms with Crippen LogP contribution in [0.2, 0.25) is 5.28 Å². The summed E-state index contributed by atoms with van der Waals surface area (Å²) in [5.74, 6) is 0.835. The standard InChI is InChI=1S/C14H18ClN5O/c1-9-7-16-19(3)13(9)11-6-12(18-14(15)17-11)20-4-5-21-8-10(20)2/h6-7,10H,4-5,8H2,1-3H3. The first kappa shape index (κ1) is 14.3. The van der Waals surface area contributed by atoms with Gasteiger partial charge < -0.3 is 9.64 Å². The third-order valence-corrected chi connectivity index (χ3v) is 3.88. The van der Waals surface area contributed by atoms with Crippen LogP contribution in [-0.2, 0) is 11.8 Å². The number of rotatable bonds is 2. The minimum atomic E-state index is 0.252. The Balaban J connectivity index is 2.04. The first-order valence-corrected chi connectivity index (χ1v) is 7.32. The lowest BCUT2D eigenvalue weighted by molar-refractivity contribution is 0.0985. The van der Waals surface area contributed by atoms with Gasteiger partial charge in [0.15, 0.2) is 0 Å². The Morgan fingerprint density at radius 1 is 1.38 bits per heavy atom. The predicted molar refractivity (Wildman–Crippen MR) is 81.6 cm³/mol. The topological polar surface area (TPSA) is 56.1 Å². The second kappa shape index (κ2) is 5.61. The summed E-state index contributed by atoms with van der Waals surface area (Å²) < 4.78 is 7.28. The molecule has 1 aliphatic rings. The molecule has 1 saturated heterocycles. The molecule has 1 aliphatic heterocycles. The highest BCUT2D eigenvalue weighted by Gasteiger charge is 2.22. The summed E-state index contributed by atoms with van der Waals surface area (Å²) in [6, 6.07) is 2.24. The molecule has 0 amide bonds. The van der Waals surface area contributed by atoms with Gasteiger partial charge in [-0.2, -0.15) is 5.10 Å². The van der Waals surface area contributed by atoms with Crippen LogP contribution in [0.5, 0.6) is 0 Å². The van der Waals surface area contributed by atoms with Crippen molar-refractivity contribution in [3.05, 3.63) is 23.1 Å². The zero-order chi connectivity index (χ0) is 15.0. The van der Waals surface area contributed by atoms with E-state index in [0.717, 1.165) is 29.3 Å². The Morgan fingerprint density at radius 2 is 2.19 bits per heavy atom. The molecule has 3 rings (SSSR count). The SMILES string of the molecule is Cc1cnn(C)c1-c1cc(N2CCOCC2C)nc(Cl)n1. The van der Waals surface area contributed by atoms with Gasteiger partial charge in [0.2, 0.25) is 5.28 Å². The smallest absolute Gasteiger partial charge is 0.224 e. The van der Waals surface area contributed by atoms with Gasteiger partial charge in [-0.15, -0.1) is 0 Å². The van der Waals surface area contributed by atoms with Crippen molar-refractivity contribution in [3.63, 3.8) is 0 Å². The predicted octanol–water partition coefficient (Wildman–Crippen LogP) is 2.06. The third kappa shape index (κ3) is 2.73. The van der Waals surface area contributed by atoms with Crippen LogP contribution in [0.15, 0.2) is 12.3 Å². The minimum Gasteiger partial charge on any atom is -0.377 e. The maximum atomic E-state index is 6.13. The first-order valence-electron chi connectivity index (χ1n) is 6.94.